The lowest BCUT2D eigenvalue weighted by Crippen LogP contribution is -2.51. The van der Waals surface area contributed by atoms with E-state index in [2.05, 4.69) is 17.3 Å². The summed E-state index contributed by atoms with van der Waals surface area (Å²) in [5, 5.41) is 8.20. The van der Waals surface area contributed by atoms with Gasteiger partial charge in [-0.1, -0.05) is 0 Å². The van der Waals surface area contributed by atoms with Crippen LogP contribution in [0.1, 0.15) is 61.4 Å². The number of hydrogen-bond acceptors (Lipinski definition) is 6. The van der Waals surface area contributed by atoms with Crippen molar-refractivity contribution in [2.75, 3.05) is 61.2 Å². The number of fused-ring (bicyclic) bond motifs is 1. The minimum absolute atomic E-state index is 0.0226. The Balaban J connectivity index is 1.57. The highest BCUT2D eigenvalue weighted by Gasteiger charge is 2.54. The molecule has 0 bridgehead atoms. The van der Waals surface area contributed by atoms with Gasteiger partial charge in [-0.05, 0) is 52.1 Å². The van der Waals surface area contributed by atoms with Crippen LogP contribution in [0.5, 0.6) is 0 Å². The molecular weight excluding hydrogens is 468 g/mol. The summed E-state index contributed by atoms with van der Waals surface area (Å²) in [7, 11) is 7.53. The van der Waals surface area contributed by atoms with Gasteiger partial charge in [-0.15, -0.1) is 0 Å². The van der Waals surface area contributed by atoms with Crippen LogP contribution in [-0.4, -0.2) is 92.6 Å². The molecule has 2 saturated carbocycles. The van der Waals surface area contributed by atoms with E-state index in [0.29, 0.717) is 38.8 Å². The number of carbonyl (C=O) groups excluding carboxylic acids is 1. The zero-order chi connectivity index (χ0) is 25.9. The topological polar surface area (TPSA) is 71.9 Å². The minimum Gasteiger partial charge on any atom is -0.384 e. The van der Waals surface area contributed by atoms with Gasteiger partial charge in [0, 0.05) is 57.8 Å². The highest BCUT2D eigenvalue weighted by molar-refractivity contribution is 5.81. The van der Waals surface area contributed by atoms with Gasteiger partial charge in [-0.3, -0.25) is 14.4 Å². The van der Waals surface area contributed by atoms with E-state index >= 15 is 0 Å². The number of methoxy groups -OCH3 is 2. The fraction of sp³-hybridized carbons (Fsp3) is 0.846. The van der Waals surface area contributed by atoms with Gasteiger partial charge in [0.2, 0.25) is 5.91 Å². The number of aromatic nitrogens is 2. The SMILES string of the molecule is CNCCN(C)Cc1nn2c(c1C1CCC(COC)(COC)CC1)CN(C(=O)C1CCC1(F)F)CC2. The van der Waals surface area contributed by atoms with Crippen LogP contribution in [0.2, 0.25) is 0 Å². The Hall–Kier alpha value is -1.62. The molecule has 8 nitrogen and oxygen atoms in total. The molecule has 2 aliphatic carbocycles. The zero-order valence-corrected chi connectivity index (χ0v) is 22.3. The van der Waals surface area contributed by atoms with Crippen molar-refractivity contribution in [1.29, 1.82) is 0 Å². The van der Waals surface area contributed by atoms with Crippen LogP contribution in [0.15, 0.2) is 0 Å². The number of nitrogens with one attached hydrogen (secondary N) is 1. The van der Waals surface area contributed by atoms with Crippen LogP contribution in [0, 0.1) is 11.3 Å². The molecule has 204 valence electrons. The summed E-state index contributed by atoms with van der Waals surface area (Å²) in [5.41, 5.74) is 3.34. The molecule has 0 radical (unpaired) electrons. The summed E-state index contributed by atoms with van der Waals surface area (Å²) in [6.07, 6.45) is 4.07. The maximum absolute atomic E-state index is 14.0. The molecule has 1 aromatic rings. The van der Waals surface area contributed by atoms with Crippen molar-refractivity contribution in [3.8, 4) is 0 Å². The molecule has 36 heavy (non-hydrogen) atoms. The van der Waals surface area contributed by atoms with E-state index in [1.54, 1.807) is 19.1 Å². The first-order valence-electron chi connectivity index (χ1n) is 13.3. The summed E-state index contributed by atoms with van der Waals surface area (Å²) >= 11 is 0. The van der Waals surface area contributed by atoms with Crippen LogP contribution in [-0.2, 0) is 33.9 Å². The Labute approximate surface area is 213 Å². The number of halogens is 2. The molecule has 1 atom stereocenters. The number of hydrogen-bond donors (Lipinski definition) is 1. The first kappa shape index (κ1) is 27.4. The van der Waals surface area contributed by atoms with Crippen molar-refractivity contribution in [2.24, 2.45) is 11.3 Å². The highest BCUT2D eigenvalue weighted by Crippen LogP contribution is 2.47. The summed E-state index contributed by atoms with van der Waals surface area (Å²) in [5.74, 6) is -4.11. The second-order valence-electron chi connectivity index (χ2n) is 11.1. The van der Waals surface area contributed by atoms with Crippen molar-refractivity contribution in [1.82, 2.24) is 24.9 Å². The van der Waals surface area contributed by atoms with E-state index < -0.39 is 17.7 Å². The molecule has 1 N–H and O–H groups in total. The lowest BCUT2D eigenvalue weighted by atomic mass is 9.69. The van der Waals surface area contributed by atoms with E-state index in [0.717, 1.165) is 56.7 Å². The Kier molecular flexibility index (Phi) is 8.69. The molecule has 1 amide bonds. The van der Waals surface area contributed by atoms with Gasteiger partial charge < -0.3 is 19.7 Å². The molecule has 4 rings (SSSR count). The van der Waals surface area contributed by atoms with Crippen molar-refractivity contribution in [3.63, 3.8) is 0 Å². The van der Waals surface area contributed by atoms with Gasteiger partial charge in [0.05, 0.1) is 37.7 Å². The largest absolute Gasteiger partial charge is 0.384 e. The molecule has 1 aliphatic heterocycles. The van der Waals surface area contributed by atoms with E-state index in [1.807, 2.05) is 11.7 Å². The standard InChI is InChI=1S/C26H43F2N5O3/c1-29-11-12-31(2)15-21-23(19-5-8-25(9-6-19,17-35-3)18-36-4)22-16-32(13-14-33(22)30-21)24(34)20-7-10-26(20,27)28/h19-20,29H,5-18H2,1-4H3. The molecule has 2 fully saturated rings. The van der Waals surface area contributed by atoms with E-state index in [-0.39, 0.29) is 18.3 Å². The Bertz CT molecular complexity index is 892. The number of rotatable bonds is 11. The fourth-order valence-corrected chi connectivity index (χ4v) is 6.30. The van der Waals surface area contributed by atoms with Gasteiger partial charge in [-0.2, -0.15) is 5.10 Å². The highest BCUT2D eigenvalue weighted by atomic mass is 19.3. The summed E-state index contributed by atoms with van der Waals surface area (Å²) < 4.78 is 41.2. The number of ether oxygens (including phenoxy) is 2. The van der Waals surface area contributed by atoms with Crippen molar-refractivity contribution in [3.05, 3.63) is 17.0 Å². The molecule has 0 aromatic carbocycles. The third kappa shape index (κ3) is 5.61. The number of amides is 1. The monoisotopic (exact) mass is 511 g/mol. The number of carbonyl (C=O) groups is 1. The third-order valence-corrected chi connectivity index (χ3v) is 8.50. The molecule has 0 saturated heterocycles. The van der Waals surface area contributed by atoms with Gasteiger partial charge in [-0.25, -0.2) is 8.78 Å². The van der Waals surface area contributed by atoms with Crippen molar-refractivity contribution in [2.45, 2.75) is 70.0 Å². The summed E-state index contributed by atoms with van der Waals surface area (Å²) in [6.45, 7) is 5.22. The molecule has 10 heteroatoms. The number of likely N-dealkylation sites (N-methyl/N-ethyl adjacent to an activating group) is 2. The first-order chi connectivity index (χ1) is 17.2. The first-order valence-corrected chi connectivity index (χ1v) is 13.3. The maximum Gasteiger partial charge on any atom is 0.259 e. The summed E-state index contributed by atoms with van der Waals surface area (Å²) in [4.78, 5) is 16.9. The smallest absolute Gasteiger partial charge is 0.259 e. The lowest BCUT2D eigenvalue weighted by Gasteiger charge is -2.41. The summed E-state index contributed by atoms with van der Waals surface area (Å²) in [6, 6.07) is 0. The van der Waals surface area contributed by atoms with Crippen LogP contribution < -0.4 is 5.32 Å². The average molecular weight is 512 g/mol. The lowest BCUT2D eigenvalue weighted by molar-refractivity contribution is -0.173. The number of nitrogens with zero attached hydrogens (tertiary/aromatic N) is 4. The second-order valence-corrected chi connectivity index (χ2v) is 11.1. The van der Waals surface area contributed by atoms with Crippen molar-refractivity contribution >= 4 is 5.91 Å². The maximum atomic E-state index is 14.0. The van der Waals surface area contributed by atoms with Gasteiger partial charge in [0.25, 0.3) is 5.92 Å². The quantitative estimate of drug-likeness (QED) is 0.493. The molecule has 1 aromatic heterocycles. The average Bonchev–Trinajstić information content (AvgIpc) is 3.19. The molecular formula is C26H43F2N5O3. The van der Waals surface area contributed by atoms with E-state index in [4.69, 9.17) is 14.6 Å². The fourth-order valence-electron chi connectivity index (χ4n) is 6.30. The Morgan fingerprint density at radius 2 is 1.83 bits per heavy atom. The van der Waals surface area contributed by atoms with Gasteiger partial charge in [0.1, 0.15) is 5.92 Å². The van der Waals surface area contributed by atoms with Gasteiger partial charge in [0.15, 0.2) is 0 Å². The predicted molar refractivity (Wildman–Crippen MR) is 133 cm³/mol. The molecule has 0 spiro atoms. The minimum atomic E-state index is -2.87. The number of alkyl halides is 2. The van der Waals surface area contributed by atoms with Crippen molar-refractivity contribution < 1.29 is 23.0 Å². The normalized spacial score (nSPS) is 23.5. The molecule has 1 unspecified atom stereocenters. The van der Waals surface area contributed by atoms with E-state index in [1.165, 1.54) is 5.56 Å². The Morgan fingerprint density at radius 3 is 2.39 bits per heavy atom. The Morgan fingerprint density at radius 1 is 1.14 bits per heavy atom. The zero-order valence-electron chi connectivity index (χ0n) is 22.3. The van der Waals surface area contributed by atoms with Crippen LogP contribution in [0.4, 0.5) is 8.78 Å². The molecule has 2 heterocycles. The molecule has 3 aliphatic rings. The second kappa shape index (κ2) is 11.4. The van der Waals surface area contributed by atoms with Crippen LogP contribution >= 0.6 is 0 Å². The third-order valence-electron chi connectivity index (χ3n) is 8.50. The van der Waals surface area contributed by atoms with Crippen LogP contribution in [0.25, 0.3) is 0 Å². The van der Waals surface area contributed by atoms with E-state index in [9.17, 15) is 13.6 Å². The van der Waals surface area contributed by atoms with Crippen LogP contribution in [0.3, 0.4) is 0 Å². The predicted octanol–water partition coefficient (Wildman–Crippen LogP) is 2.86. The van der Waals surface area contributed by atoms with Gasteiger partial charge >= 0.3 is 0 Å².